The van der Waals surface area contributed by atoms with Gasteiger partial charge in [-0.2, -0.15) is 5.21 Å². The van der Waals surface area contributed by atoms with E-state index in [4.69, 9.17) is 0 Å². The highest BCUT2D eigenvalue weighted by molar-refractivity contribution is 5.83. The second-order valence-corrected chi connectivity index (χ2v) is 10.2. The number of benzene rings is 2. The highest BCUT2D eigenvalue weighted by Gasteiger charge is 2.48. The summed E-state index contributed by atoms with van der Waals surface area (Å²) in [5.41, 5.74) is 9.73. The van der Waals surface area contributed by atoms with E-state index >= 15 is 0 Å². The van der Waals surface area contributed by atoms with Crippen molar-refractivity contribution >= 4 is 11.6 Å². The molecule has 1 aliphatic carbocycles. The lowest BCUT2D eigenvalue weighted by atomic mass is 9.71. The number of H-pyrrole nitrogens is 1. The fourth-order valence-electron chi connectivity index (χ4n) is 5.26. The number of aromatic nitrogens is 4. The molecule has 0 amide bonds. The molecule has 0 aliphatic heterocycles. The van der Waals surface area contributed by atoms with Crippen LogP contribution < -0.4 is 0 Å². The average molecular weight is 415 g/mol. The molecule has 0 spiro atoms. The zero-order valence-electron chi connectivity index (χ0n) is 19.9. The maximum absolute atomic E-state index is 4.06. The average Bonchev–Trinajstić information content (AvgIpc) is 3.31. The third kappa shape index (κ3) is 3.62. The van der Waals surface area contributed by atoms with Crippen LogP contribution in [0.1, 0.15) is 82.7 Å². The van der Waals surface area contributed by atoms with Crippen molar-refractivity contribution in [2.75, 3.05) is 0 Å². The van der Waals surface area contributed by atoms with Gasteiger partial charge in [-0.15, -0.1) is 10.2 Å². The lowest BCUT2D eigenvalue weighted by Crippen LogP contribution is -2.30. The molecule has 1 aliphatic rings. The molecular formula is C27H34N4. The predicted octanol–water partition coefficient (Wildman–Crippen LogP) is 6.58. The summed E-state index contributed by atoms with van der Waals surface area (Å²) in [6.07, 6.45) is 4.55. The van der Waals surface area contributed by atoms with Crippen LogP contribution in [0.4, 0.5) is 0 Å². The molecule has 2 aromatic carbocycles. The van der Waals surface area contributed by atoms with Crippen molar-refractivity contribution in [2.24, 2.45) is 5.92 Å². The van der Waals surface area contributed by atoms with Crippen molar-refractivity contribution in [3.8, 4) is 11.4 Å². The summed E-state index contributed by atoms with van der Waals surface area (Å²) >= 11 is 0. The fourth-order valence-corrected chi connectivity index (χ4v) is 5.26. The molecule has 0 radical (unpaired) electrons. The quantitative estimate of drug-likeness (QED) is 0.479. The van der Waals surface area contributed by atoms with Gasteiger partial charge in [-0.1, -0.05) is 90.4 Å². The Hall–Kier alpha value is -2.75. The van der Waals surface area contributed by atoms with E-state index in [0.717, 1.165) is 18.4 Å². The van der Waals surface area contributed by atoms with E-state index < -0.39 is 0 Å². The molecule has 162 valence electrons. The second-order valence-electron chi connectivity index (χ2n) is 10.2. The van der Waals surface area contributed by atoms with Crippen LogP contribution in [0.15, 0.2) is 36.4 Å². The van der Waals surface area contributed by atoms with Crippen LogP contribution in [0.3, 0.4) is 0 Å². The largest absolute Gasteiger partial charge is 0.204 e. The minimum atomic E-state index is 0.171. The molecule has 0 bridgehead atoms. The van der Waals surface area contributed by atoms with Crippen molar-refractivity contribution < 1.29 is 0 Å². The minimum absolute atomic E-state index is 0.171. The zero-order valence-corrected chi connectivity index (χ0v) is 19.9. The van der Waals surface area contributed by atoms with Crippen molar-refractivity contribution in [3.05, 3.63) is 64.2 Å². The summed E-state index contributed by atoms with van der Waals surface area (Å²) in [6.45, 7) is 16.6. The lowest BCUT2D eigenvalue weighted by Gasteiger charge is -2.32. The number of hydrogen-bond acceptors (Lipinski definition) is 3. The van der Waals surface area contributed by atoms with Gasteiger partial charge in [-0.3, -0.25) is 0 Å². The lowest BCUT2D eigenvalue weighted by molar-refractivity contribution is 0.264. The van der Waals surface area contributed by atoms with Crippen LogP contribution >= 0.6 is 0 Å². The number of aromatic amines is 1. The number of tetrazole rings is 1. The van der Waals surface area contributed by atoms with Gasteiger partial charge in [-0.05, 0) is 68.7 Å². The highest BCUT2D eigenvalue weighted by atomic mass is 15.5. The van der Waals surface area contributed by atoms with Gasteiger partial charge in [0.25, 0.3) is 0 Å². The van der Waals surface area contributed by atoms with Crippen molar-refractivity contribution in [3.63, 3.8) is 0 Å². The number of hydrogen-bond donors (Lipinski definition) is 1. The fraction of sp³-hybridized carbons (Fsp3) is 0.444. The summed E-state index contributed by atoms with van der Waals surface area (Å²) < 4.78 is 0. The molecule has 1 heterocycles. The summed E-state index contributed by atoms with van der Waals surface area (Å²) in [5.74, 6) is 1.22. The summed E-state index contributed by atoms with van der Waals surface area (Å²) in [4.78, 5) is 0. The van der Waals surface area contributed by atoms with Crippen LogP contribution in [-0.2, 0) is 17.3 Å². The predicted molar refractivity (Wildman–Crippen MR) is 129 cm³/mol. The summed E-state index contributed by atoms with van der Waals surface area (Å²) in [7, 11) is 0. The first-order chi connectivity index (χ1) is 14.7. The molecular weight excluding hydrogens is 380 g/mol. The van der Waals surface area contributed by atoms with Crippen LogP contribution in [0.2, 0.25) is 0 Å². The van der Waals surface area contributed by atoms with Crippen LogP contribution in [-0.4, -0.2) is 20.6 Å². The number of nitrogens with zero attached hydrogens (tertiary/aromatic N) is 3. The first-order valence-corrected chi connectivity index (χ1v) is 11.4. The van der Waals surface area contributed by atoms with Gasteiger partial charge in [0, 0.05) is 5.56 Å². The maximum Gasteiger partial charge on any atom is 0.204 e. The highest BCUT2D eigenvalue weighted by Crippen LogP contribution is 2.54. The molecule has 31 heavy (non-hydrogen) atoms. The SMILES string of the molecule is CCCc1cc2c(cc1C(C)=Cc1ccc(-c3nn[nH]n3)cc1)C(C)(C)C(C)C2(C)C. The summed E-state index contributed by atoms with van der Waals surface area (Å²) in [5, 5.41) is 14.3. The van der Waals surface area contributed by atoms with E-state index in [9.17, 15) is 0 Å². The van der Waals surface area contributed by atoms with Crippen molar-refractivity contribution in [1.29, 1.82) is 0 Å². The first kappa shape index (κ1) is 21.5. The van der Waals surface area contributed by atoms with Gasteiger partial charge in [-0.25, -0.2) is 0 Å². The zero-order chi connectivity index (χ0) is 22.4. The van der Waals surface area contributed by atoms with E-state index in [1.807, 2.05) is 12.1 Å². The molecule has 4 nitrogen and oxygen atoms in total. The molecule has 0 saturated carbocycles. The number of fused-ring (bicyclic) bond motifs is 1. The Morgan fingerprint density at radius 1 is 1.03 bits per heavy atom. The number of aryl methyl sites for hydroxylation is 1. The standard InChI is InChI=1S/C27H34N4/c1-8-9-21-15-23-24(27(6,7)18(3)26(23,4)5)16-22(21)17(2)14-19-10-12-20(13-11-19)25-28-30-31-29-25/h10-16,18H,8-9H2,1-7H3,(H,28,29,30,31). The topological polar surface area (TPSA) is 54.5 Å². The normalized spacial score (nSPS) is 19.5. The monoisotopic (exact) mass is 414 g/mol. The minimum Gasteiger partial charge on any atom is -0.177 e. The second kappa shape index (κ2) is 7.74. The Kier molecular flexibility index (Phi) is 5.36. The third-order valence-electron chi connectivity index (χ3n) is 7.64. The Morgan fingerprint density at radius 2 is 1.68 bits per heavy atom. The molecule has 1 aromatic heterocycles. The number of nitrogens with one attached hydrogen (secondary N) is 1. The number of allylic oxidation sites excluding steroid dienone is 1. The Morgan fingerprint density at radius 3 is 2.26 bits per heavy atom. The van der Waals surface area contributed by atoms with Crippen LogP contribution in [0, 0.1) is 5.92 Å². The Bertz CT molecular complexity index is 1100. The number of rotatable bonds is 5. The smallest absolute Gasteiger partial charge is 0.177 e. The van der Waals surface area contributed by atoms with E-state index in [2.05, 4.69) is 99.4 Å². The Balaban J connectivity index is 1.76. The van der Waals surface area contributed by atoms with Gasteiger partial charge in [0.05, 0.1) is 0 Å². The van der Waals surface area contributed by atoms with Gasteiger partial charge < -0.3 is 0 Å². The summed E-state index contributed by atoms with van der Waals surface area (Å²) in [6, 6.07) is 13.3. The van der Waals surface area contributed by atoms with Crippen LogP contribution in [0.5, 0.6) is 0 Å². The Labute approximate surface area is 186 Å². The van der Waals surface area contributed by atoms with Gasteiger partial charge in [0.15, 0.2) is 0 Å². The van der Waals surface area contributed by atoms with Gasteiger partial charge in [0.2, 0.25) is 5.82 Å². The van der Waals surface area contributed by atoms with E-state index in [1.54, 1.807) is 0 Å². The van der Waals surface area contributed by atoms with Gasteiger partial charge in [0.1, 0.15) is 0 Å². The van der Waals surface area contributed by atoms with Crippen molar-refractivity contribution in [2.45, 2.75) is 72.1 Å². The van der Waals surface area contributed by atoms with E-state index in [1.165, 1.54) is 33.4 Å². The molecule has 3 aromatic rings. The molecule has 1 unspecified atom stereocenters. The molecule has 0 saturated heterocycles. The maximum atomic E-state index is 4.06. The van der Waals surface area contributed by atoms with Crippen LogP contribution in [0.25, 0.3) is 23.0 Å². The van der Waals surface area contributed by atoms with E-state index in [-0.39, 0.29) is 10.8 Å². The van der Waals surface area contributed by atoms with E-state index in [0.29, 0.717) is 11.7 Å². The third-order valence-corrected chi connectivity index (χ3v) is 7.64. The first-order valence-electron chi connectivity index (χ1n) is 11.4. The molecule has 4 rings (SSSR count). The molecule has 0 fully saturated rings. The molecule has 1 atom stereocenters. The molecule has 1 N–H and O–H groups in total. The molecule has 4 heteroatoms. The van der Waals surface area contributed by atoms with Crippen molar-refractivity contribution in [1.82, 2.24) is 20.6 Å². The van der Waals surface area contributed by atoms with Gasteiger partial charge >= 0.3 is 0 Å².